The Hall–Kier alpha value is -1.95. The molecule has 0 fully saturated rings. The molecule has 0 aliphatic rings. The van der Waals surface area contributed by atoms with E-state index in [4.69, 9.17) is 4.74 Å². The van der Waals surface area contributed by atoms with Gasteiger partial charge in [0.25, 0.3) is 0 Å². The van der Waals surface area contributed by atoms with E-state index < -0.39 is 5.97 Å². The van der Waals surface area contributed by atoms with Gasteiger partial charge in [-0.25, -0.2) is 14.8 Å². The molecular weight excluding hydrogens is 346 g/mol. The summed E-state index contributed by atoms with van der Waals surface area (Å²) in [6.45, 7) is 6.08. The number of aryl methyl sites for hydroxylation is 1. The van der Waals surface area contributed by atoms with Gasteiger partial charge in [0.15, 0.2) is 5.69 Å². The number of ether oxygens (including phenoxy) is 1. The van der Waals surface area contributed by atoms with Gasteiger partial charge in [-0.05, 0) is 52.5 Å². The SMILES string of the molecule is COC(=O)c1cc(C)nc(Nc2ccc(C(C)C)cc2Br)n1. The number of aromatic nitrogens is 2. The average Bonchev–Trinajstić information content (AvgIpc) is 2.47. The first-order chi connectivity index (χ1) is 10.4. The van der Waals surface area contributed by atoms with E-state index >= 15 is 0 Å². The molecule has 1 N–H and O–H groups in total. The highest BCUT2D eigenvalue weighted by Crippen LogP contribution is 2.28. The van der Waals surface area contributed by atoms with Gasteiger partial charge in [0.1, 0.15) is 0 Å². The molecule has 116 valence electrons. The smallest absolute Gasteiger partial charge is 0.356 e. The molecular formula is C16H18BrN3O2. The van der Waals surface area contributed by atoms with Crippen LogP contribution in [0, 0.1) is 6.92 Å². The first-order valence-corrected chi connectivity index (χ1v) is 7.70. The molecule has 0 aliphatic heterocycles. The maximum atomic E-state index is 11.6. The van der Waals surface area contributed by atoms with Crippen molar-refractivity contribution >= 4 is 33.5 Å². The number of carbonyl (C=O) groups is 1. The van der Waals surface area contributed by atoms with Crippen molar-refractivity contribution in [3.8, 4) is 0 Å². The van der Waals surface area contributed by atoms with Crippen LogP contribution in [0.25, 0.3) is 0 Å². The van der Waals surface area contributed by atoms with E-state index in [0.717, 1.165) is 10.2 Å². The maximum absolute atomic E-state index is 11.6. The number of hydrogen-bond acceptors (Lipinski definition) is 5. The van der Waals surface area contributed by atoms with Crippen LogP contribution in [0.1, 0.15) is 41.5 Å². The van der Waals surface area contributed by atoms with Crippen LogP contribution in [0.15, 0.2) is 28.7 Å². The number of esters is 1. The molecule has 22 heavy (non-hydrogen) atoms. The number of anilines is 2. The summed E-state index contributed by atoms with van der Waals surface area (Å²) in [7, 11) is 1.33. The highest BCUT2D eigenvalue weighted by molar-refractivity contribution is 9.10. The number of carbonyl (C=O) groups excluding carboxylic acids is 1. The van der Waals surface area contributed by atoms with Crippen molar-refractivity contribution in [1.29, 1.82) is 0 Å². The Morgan fingerprint density at radius 2 is 2.00 bits per heavy atom. The van der Waals surface area contributed by atoms with Gasteiger partial charge in [0.2, 0.25) is 5.95 Å². The predicted octanol–water partition coefficient (Wildman–Crippen LogP) is 4.20. The Morgan fingerprint density at radius 1 is 1.27 bits per heavy atom. The minimum atomic E-state index is -0.484. The summed E-state index contributed by atoms with van der Waals surface area (Å²) in [5, 5.41) is 3.12. The molecule has 1 aromatic heterocycles. The second-order valence-electron chi connectivity index (χ2n) is 5.23. The number of rotatable bonds is 4. The zero-order valence-electron chi connectivity index (χ0n) is 13.0. The monoisotopic (exact) mass is 363 g/mol. The zero-order valence-corrected chi connectivity index (χ0v) is 14.6. The summed E-state index contributed by atoms with van der Waals surface area (Å²) in [4.78, 5) is 20.1. The topological polar surface area (TPSA) is 64.1 Å². The van der Waals surface area contributed by atoms with Crippen LogP contribution in [-0.2, 0) is 4.74 Å². The molecule has 0 radical (unpaired) electrons. The van der Waals surface area contributed by atoms with Crippen LogP contribution in [0.5, 0.6) is 0 Å². The lowest BCUT2D eigenvalue weighted by Crippen LogP contribution is -2.08. The lowest BCUT2D eigenvalue weighted by molar-refractivity contribution is 0.0594. The summed E-state index contributed by atoms with van der Waals surface area (Å²) in [5.74, 6) is 0.327. The van der Waals surface area contributed by atoms with Gasteiger partial charge in [-0.1, -0.05) is 19.9 Å². The number of methoxy groups -OCH3 is 1. The van der Waals surface area contributed by atoms with Crippen LogP contribution in [0.4, 0.5) is 11.6 Å². The largest absolute Gasteiger partial charge is 0.464 e. The molecule has 0 spiro atoms. The standard InChI is InChI=1S/C16H18BrN3O2/c1-9(2)11-5-6-13(12(17)8-11)19-16-18-10(3)7-14(20-16)15(21)22-4/h5-9H,1-4H3,(H,18,19,20). The maximum Gasteiger partial charge on any atom is 0.356 e. The number of benzene rings is 1. The Balaban J connectivity index is 2.31. The number of nitrogens with one attached hydrogen (secondary N) is 1. The molecule has 1 heterocycles. The molecule has 0 saturated carbocycles. The molecule has 0 amide bonds. The lowest BCUT2D eigenvalue weighted by atomic mass is 10.0. The fraction of sp³-hybridized carbons (Fsp3) is 0.312. The molecule has 1 aromatic carbocycles. The summed E-state index contributed by atoms with van der Waals surface area (Å²) < 4.78 is 5.62. The molecule has 2 rings (SSSR count). The fourth-order valence-corrected chi connectivity index (χ4v) is 2.44. The van der Waals surface area contributed by atoms with Gasteiger partial charge in [0.05, 0.1) is 12.8 Å². The zero-order chi connectivity index (χ0) is 16.3. The highest BCUT2D eigenvalue weighted by Gasteiger charge is 2.12. The third-order valence-electron chi connectivity index (χ3n) is 3.16. The van der Waals surface area contributed by atoms with E-state index in [9.17, 15) is 4.79 Å². The first-order valence-electron chi connectivity index (χ1n) is 6.91. The van der Waals surface area contributed by atoms with Gasteiger partial charge < -0.3 is 10.1 Å². The van der Waals surface area contributed by atoms with Gasteiger partial charge >= 0.3 is 5.97 Å². The molecule has 2 aromatic rings. The Morgan fingerprint density at radius 3 is 2.59 bits per heavy atom. The van der Waals surface area contributed by atoms with E-state index in [1.165, 1.54) is 12.7 Å². The second kappa shape index (κ2) is 6.87. The van der Waals surface area contributed by atoms with E-state index in [1.54, 1.807) is 13.0 Å². The minimum Gasteiger partial charge on any atom is -0.464 e. The molecule has 0 atom stereocenters. The number of hydrogen-bond donors (Lipinski definition) is 1. The number of nitrogens with zero attached hydrogens (tertiary/aromatic N) is 2. The van der Waals surface area contributed by atoms with Crippen LogP contribution in [0.2, 0.25) is 0 Å². The highest BCUT2D eigenvalue weighted by atomic mass is 79.9. The van der Waals surface area contributed by atoms with Gasteiger partial charge in [-0.15, -0.1) is 0 Å². The fourth-order valence-electron chi connectivity index (χ4n) is 1.95. The van der Waals surface area contributed by atoms with Crippen LogP contribution >= 0.6 is 15.9 Å². The first kappa shape index (κ1) is 16.4. The van der Waals surface area contributed by atoms with Crippen molar-refractivity contribution in [3.63, 3.8) is 0 Å². The van der Waals surface area contributed by atoms with E-state index in [0.29, 0.717) is 17.6 Å². The van der Waals surface area contributed by atoms with Gasteiger partial charge in [0, 0.05) is 10.2 Å². The summed E-state index contributed by atoms with van der Waals surface area (Å²) in [6, 6.07) is 7.66. The molecule has 5 nitrogen and oxygen atoms in total. The molecule has 0 unspecified atom stereocenters. The van der Waals surface area contributed by atoms with Gasteiger partial charge in [-0.3, -0.25) is 0 Å². The summed E-state index contributed by atoms with van der Waals surface area (Å²) in [5.41, 5.74) is 2.99. The molecule has 0 saturated heterocycles. The van der Waals surface area contributed by atoms with Crippen molar-refractivity contribution in [2.24, 2.45) is 0 Å². The van der Waals surface area contributed by atoms with Gasteiger partial charge in [-0.2, -0.15) is 0 Å². The van der Waals surface area contributed by atoms with Crippen molar-refractivity contribution in [2.75, 3.05) is 12.4 Å². The van der Waals surface area contributed by atoms with Crippen molar-refractivity contribution in [1.82, 2.24) is 9.97 Å². The van der Waals surface area contributed by atoms with Crippen molar-refractivity contribution in [3.05, 3.63) is 45.7 Å². The van der Waals surface area contributed by atoms with Crippen molar-refractivity contribution in [2.45, 2.75) is 26.7 Å². The Bertz CT molecular complexity index is 702. The van der Waals surface area contributed by atoms with Crippen LogP contribution in [0.3, 0.4) is 0 Å². The normalized spacial score (nSPS) is 10.6. The van der Waals surface area contributed by atoms with E-state index in [1.807, 2.05) is 6.07 Å². The Kier molecular flexibility index (Phi) is 5.13. The summed E-state index contributed by atoms with van der Waals surface area (Å²) >= 11 is 3.54. The minimum absolute atomic E-state index is 0.229. The predicted molar refractivity (Wildman–Crippen MR) is 89.6 cm³/mol. The quantitative estimate of drug-likeness (QED) is 0.824. The lowest BCUT2D eigenvalue weighted by Gasteiger charge is -2.12. The number of halogens is 1. The van der Waals surface area contributed by atoms with Crippen LogP contribution in [-0.4, -0.2) is 23.0 Å². The Labute approximate surface area is 138 Å². The van der Waals surface area contributed by atoms with E-state index in [2.05, 4.69) is 57.2 Å². The third kappa shape index (κ3) is 3.82. The third-order valence-corrected chi connectivity index (χ3v) is 3.81. The van der Waals surface area contributed by atoms with E-state index in [-0.39, 0.29) is 5.69 Å². The van der Waals surface area contributed by atoms with Crippen LogP contribution < -0.4 is 5.32 Å². The molecule has 0 aliphatic carbocycles. The second-order valence-corrected chi connectivity index (χ2v) is 6.08. The summed E-state index contributed by atoms with van der Waals surface area (Å²) in [6.07, 6.45) is 0. The average molecular weight is 364 g/mol. The molecule has 6 heteroatoms. The molecule has 0 bridgehead atoms. The van der Waals surface area contributed by atoms with Crippen molar-refractivity contribution < 1.29 is 9.53 Å².